The van der Waals surface area contributed by atoms with Crippen LogP contribution in [0, 0.1) is 0 Å². The van der Waals surface area contributed by atoms with Gasteiger partial charge in [0, 0.05) is 61.6 Å². The van der Waals surface area contributed by atoms with Gasteiger partial charge in [-0.15, -0.1) is 0 Å². The van der Waals surface area contributed by atoms with Crippen molar-refractivity contribution in [2.24, 2.45) is 0 Å². The first-order valence-electron chi connectivity index (χ1n) is 6.17. The number of hydrogen-bond donors (Lipinski definition) is 2. The lowest BCUT2D eigenvalue weighted by Crippen LogP contribution is -2.26. The van der Waals surface area contributed by atoms with Crippen LogP contribution in [0.1, 0.15) is 6.42 Å². The molecule has 1 amide bonds. The molecule has 0 saturated carbocycles. The van der Waals surface area contributed by atoms with E-state index in [0.717, 1.165) is 16.5 Å². The minimum absolute atomic E-state index is 0.0354. The van der Waals surface area contributed by atoms with E-state index < -0.39 is 0 Å². The molecule has 0 bridgehead atoms. The van der Waals surface area contributed by atoms with E-state index in [2.05, 4.69) is 15.2 Å². The van der Waals surface area contributed by atoms with Gasteiger partial charge in [-0.2, -0.15) is 0 Å². The molecular formula is C14H18N4O. The number of benzene rings is 1. The lowest BCUT2D eigenvalue weighted by atomic mass is 10.1. The summed E-state index contributed by atoms with van der Waals surface area (Å²) in [5.41, 5.74) is 7.71. The third-order valence-electron chi connectivity index (χ3n) is 3.19. The van der Waals surface area contributed by atoms with Crippen molar-refractivity contribution in [2.75, 3.05) is 31.3 Å². The molecule has 3 N–H and O–H groups in total. The van der Waals surface area contributed by atoms with E-state index in [-0.39, 0.29) is 5.91 Å². The maximum atomic E-state index is 11.3. The average molecular weight is 258 g/mol. The van der Waals surface area contributed by atoms with Crippen LogP contribution in [0.4, 0.5) is 11.4 Å². The van der Waals surface area contributed by atoms with Gasteiger partial charge >= 0.3 is 0 Å². The zero-order valence-corrected chi connectivity index (χ0v) is 11.2. The summed E-state index contributed by atoms with van der Waals surface area (Å²) < 4.78 is 0. The number of aromatic nitrogens is 1. The summed E-state index contributed by atoms with van der Waals surface area (Å²) in [6.07, 6.45) is 3.97. The molecular weight excluding hydrogens is 240 g/mol. The first kappa shape index (κ1) is 13.1. The second-order valence-electron chi connectivity index (χ2n) is 4.44. The molecule has 100 valence electrons. The van der Waals surface area contributed by atoms with Gasteiger partial charge in [0.15, 0.2) is 0 Å². The highest BCUT2D eigenvalue weighted by Crippen LogP contribution is 2.29. The second kappa shape index (κ2) is 5.56. The van der Waals surface area contributed by atoms with Crippen molar-refractivity contribution in [3.05, 3.63) is 30.6 Å². The summed E-state index contributed by atoms with van der Waals surface area (Å²) in [5, 5.41) is 4.61. The van der Waals surface area contributed by atoms with Crippen LogP contribution >= 0.6 is 0 Å². The second-order valence-corrected chi connectivity index (χ2v) is 4.44. The van der Waals surface area contributed by atoms with Crippen LogP contribution in [0.3, 0.4) is 0 Å². The van der Waals surface area contributed by atoms with Gasteiger partial charge in [0.25, 0.3) is 0 Å². The van der Waals surface area contributed by atoms with Gasteiger partial charge in [0.2, 0.25) is 5.91 Å². The third-order valence-corrected chi connectivity index (χ3v) is 3.19. The number of nitrogens with zero attached hydrogens (tertiary/aromatic N) is 2. The van der Waals surface area contributed by atoms with Crippen molar-refractivity contribution in [1.82, 2.24) is 10.3 Å². The topological polar surface area (TPSA) is 71.2 Å². The van der Waals surface area contributed by atoms with Gasteiger partial charge in [0.1, 0.15) is 0 Å². The van der Waals surface area contributed by atoms with E-state index in [1.807, 2.05) is 25.2 Å². The summed E-state index contributed by atoms with van der Waals surface area (Å²) in [5.74, 6) is 0.0354. The van der Waals surface area contributed by atoms with Crippen molar-refractivity contribution in [1.29, 1.82) is 0 Å². The van der Waals surface area contributed by atoms with Crippen molar-refractivity contribution >= 4 is 28.1 Å². The van der Waals surface area contributed by atoms with Crippen LogP contribution in [0.2, 0.25) is 0 Å². The molecule has 1 heterocycles. The van der Waals surface area contributed by atoms with Gasteiger partial charge in [-0.25, -0.2) is 0 Å². The third kappa shape index (κ3) is 2.76. The molecule has 0 saturated heterocycles. The van der Waals surface area contributed by atoms with Crippen molar-refractivity contribution in [2.45, 2.75) is 6.42 Å². The maximum Gasteiger partial charge on any atom is 0.221 e. The van der Waals surface area contributed by atoms with E-state index in [1.54, 1.807) is 19.4 Å². The van der Waals surface area contributed by atoms with Gasteiger partial charge < -0.3 is 16.0 Å². The van der Waals surface area contributed by atoms with Crippen molar-refractivity contribution in [3.63, 3.8) is 0 Å². The molecule has 0 aliphatic carbocycles. The largest absolute Gasteiger partial charge is 0.398 e. The number of amides is 1. The SMILES string of the molecule is CNC(=O)CCN(C)c1ccc(N)c2cnccc12. The fourth-order valence-electron chi connectivity index (χ4n) is 2.04. The van der Waals surface area contributed by atoms with Gasteiger partial charge in [-0.1, -0.05) is 0 Å². The lowest BCUT2D eigenvalue weighted by Gasteiger charge is -2.21. The normalized spacial score (nSPS) is 10.4. The van der Waals surface area contributed by atoms with Crippen LogP contribution in [-0.2, 0) is 4.79 Å². The summed E-state index contributed by atoms with van der Waals surface area (Å²) in [6, 6.07) is 5.79. The summed E-state index contributed by atoms with van der Waals surface area (Å²) in [6.45, 7) is 0.654. The minimum Gasteiger partial charge on any atom is -0.398 e. The van der Waals surface area contributed by atoms with Crippen LogP contribution < -0.4 is 16.0 Å². The monoisotopic (exact) mass is 258 g/mol. The Morgan fingerprint density at radius 2 is 2.16 bits per heavy atom. The van der Waals surface area contributed by atoms with Crippen LogP contribution in [0.25, 0.3) is 10.8 Å². The Bertz CT molecular complexity index is 597. The van der Waals surface area contributed by atoms with Crippen LogP contribution in [-0.4, -0.2) is 31.5 Å². The molecule has 0 spiro atoms. The number of nitrogen functional groups attached to an aromatic ring is 1. The first-order chi connectivity index (χ1) is 9.13. The van der Waals surface area contributed by atoms with Gasteiger partial charge in [-0.3, -0.25) is 9.78 Å². The Morgan fingerprint density at radius 3 is 2.89 bits per heavy atom. The van der Waals surface area contributed by atoms with Crippen LogP contribution in [0.5, 0.6) is 0 Å². The van der Waals surface area contributed by atoms with E-state index in [0.29, 0.717) is 18.7 Å². The molecule has 0 aliphatic rings. The predicted molar refractivity (Wildman–Crippen MR) is 78.1 cm³/mol. The van der Waals surface area contributed by atoms with E-state index >= 15 is 0 Å². The standard InChI is InChI=1S/C14H18N4O/c1-16-14(19)6-8-18(2)13-4-3-12(15)11-9-17-7-5-10(11)13/h3-5,7,9H,6,8,15H2,1-2H3,(H,16,19). The van der Waals surface area contributed by atoms with Crippen molar-refractivity contribution < 1.29 is 4.79 Å². The number of carbonyl (C=O) groups excluding carboxylic acids is 1. The number of rotatable bonds is 4. The highest BCUT2D eigenvalue weighted by atomic mass is 16.1. The maximum absolute atomic E-state index is 11.3. The number of hydrogen-bond acceptors (Lipinski definition) is 4. The minimum atomic E-state index is 0.0354. The van der Waals surface area contributed by atoms with Crippen molar-refractivity contribution in [3.8, 4) is 0 Å². The number of carbonyl (C=O) groups is 1. The molecule has 1 aromatic heterocycles. The Morgan fingerprint density at radius 1 is 1.37 bits per heavy atom. The molecule has 2 aromatic rings. The molecule has 0 fully saturated rings. The summed E-state index contributed by atoms with van der Waals surface area (Å²) in [7, 11) is 3.61. The van der Waals surface area contributed by atoms with E-state index in [4.69, 9.17) is 5.73 Å². The highest BCUT2D eigenvalue weighted by molar-refractivity contribution is 6.00. The molecule has 0 aliphatic heterocycles. The average Bonchev–Trinajstić information content (AvgIpc) is 2.45. The Kier molecular flexibility index (Phi) is 3.85. The molecule has 0 unspecified atom stereocenters. The number of anilines is 2. The fraction of sp³-hybridized carbons (Fsp3) is 0.286. The zero-order valence-electron chi connectivity index (χ0n) is 11.2. The zero-order chi connectivity index (χ0) is 13.8. The number of nitrogens with two attached hydrogens (primary N) is 1. The predicted octanol–water partition coefficient (Wildman–Crippen LogP) is 1.39. The van der Waals surface area contributed by atoms with E-state index in [9.17, 15) is 4.79 Å². The molecule has 1 aromatic carbocycles. The number of pyridine rings is 1. The van der Waals surface area contributed by atoms with Gasteiger partial charge in [0.05, 0.1) is 0 Å². The number of fused-ring (bicyclic) bond motifs is 1. The highest BCUT2D eigenvalue weighted by Gasteiger charge is 2.09. The fourth-order valence-corrected chi connectivity index (χ4v) is 2.04. The summed E-state index contributed by atoms with van der Waals surface area (Å²) >= 11 is 0. The van der Waals surface area contributed by atoms with E-state index in [1.165, 1.54) is 0 Å². The van der Waals surface area contributed by atoms with Crippen LogP contribution in [0.15, 0.2) is 30.6 Å². The number of nitrogens with one attached hydrogen (secondary N) is 1. The Labute approximate surface area is 112 Å². The quantitative estimate of drug-likeness (QED) is 0.813. The molecule has 5 nitrogen and oxygen atoms in total. The molecule has 0 radical (unpaired) electrons. The summed E-state index contributed by atoms with van der Waals surface area (Å²) in [4.78, 5) is 17.4. The lowest BCUT2D eigenvalue weighted by molar-refractivity contribution is -0.120. The first-order valence-corrected chi connectivity index (χ1v) is 6.17. The molecule has 0 atom stereocenters. The van der Waals surface area contributed by atoms with Gasteiger partial charge in [-0.05, 0) is 18.2 Å². The molecule has 19 heavy (non-hydrogen) atoms. The molecule has 2 rings (SSSR count). The Balaban J connectivity index is 2.29. The Hall–Kier alpha value is -2.30. The smallest absolute Gasteiger partial charge is 0.221 e. The molecule has 5 heteroatoms.